The fourth-order valence-corrected chi connectivity index (χ4v) is 1.93. The van der Waals surface area contributed by atoms with Gasteiger partial charge >= 0.3 is 5.97 Å². The molecular formula is C9H13N3O3. The summed E-state index contributed by atoms with van der Waals surface area (Å²) in [7, 11) is 0. The molecule has 0 radical (unpaired) electrons. The standard InChI is InChI=1S/C9H13N3O3/c1-6(13)7-11-10-5-12(7)9(8(14)15)3-2-4-9/h5-6,13H,2-4H2,1H3,(H,14,15). The maximum atomic E-state index is 11.2. The van der Waals surface area contributed by atoms with E-state index in [-0.39, 0.29) is 0 Å². The number of hydrogen-bond donors (Lipinski definition) is 2. The number of aliphatic hydroxyl groups is 1. The summed E-state index contributed by atoms with van der Waals surface area (Å²) in [4.78, 5) is 11.2. The lowest BCUT2D eigenvalue weighted by Gasteiger charge is -2.39. The second-order valence-electron chi connectivity index (χ2n) is 3.93. The third kappa shape index (κ3) is 1.32. The lowest BCUT2D eigenvalue weighted by Crippen LogP contribution is -2.48. The number of carboxylic acid groups (broad SMARTS) is 1. The van der Waals surface area contributed by atoms with Crippen LogP contribution in [0.15, 0.2) is 6.33 Å². The second-order valence-corrected chi connectivity index (χ2v) is 3.93. The summed E-state index contributed by atoms with van der Waals surface area (Å²) in [5.74, 6) is -0.562. The van der Waals surface area contributed by atoms with E-state index in [0.29, 0.717) is 18.7 Å². The van der Waals surface area contributed by atoms with Gasteiger partial charge in [0.05, 0.1) is 0 Å². The van der Waals surface area contributed by atoms with E-state index in [1.807, 2.05) is 0 Å². The number of aromatic nitrogens is 3. The first-order valence-electron chi connectivity index (χ1n) is 4.90. The summed E-state index contributed by atoms with van der Waals surface area (Å²) < 4.78 is 1.49. The van der Waals surface area contributed by atoms with Crippen molar-refractivity contribution in [2.24, 2.45) is 0 Å². The van der Waals surface area contributed by atoms with Crippen molar-refractivity contribution in [2.45, 2.75) is 37.8 Å². The molecule has 6 nitrogen and oxygen atoms in total. The molecule has 15 heavy (non-hydrogen) atoms. The summed E-state index contributed by atoms with van der Waals surface area (Å²) in [5, 5.41) is 26.1. The van der Waals surface area contributed by atoms with E-state index in [9.17, 15) is 15.0 Å². The molecule has 1 atom stereocenters. The fraction of sp³-hybridized carbons (Fsp3) is 0.667. The van der Waals surface area contributed by atoms with Gasteiger partial charge in [0.2, 0.25) is 0 Å². The van der Waals surface area contributed by atoms with E-state index >= 15 is 0 Å². The minimum absolute atomic E-state index is 0.317. The molecule has 1 unspecified atom stereocenters. The van der Waals surface area contributed by atoms with E-state index in [4.69, 9.17) is 0 Å². The highest BCUT2D eigenvalue weighted by Gasteiger charge is 2.47. The van der Waals surface area contributed by atoms with Gasteiger partial charge in [0.25, 0.3) is 0 Å². The van der Waals surface area contributed by atoms with Crippen LogP contribution in [-0.2, 0) is 10.3 Å². The van der Waals surface area contributed by atoms with Crippen LogP contribution >= 0.6 is 0 Å². The van der Waals surface area contributed by atoms with Gasteiger partial charge in [-0.05, 0) is 26.2 Å². The first-order chi connectivity index (χ1) is 7.08. The molecule has 0 amide bonds. The number of hydrogen-bond acceptors (Lipinski definition) is 4. The largest absolute Gasteiger partial charge is 0.479 e. The van der Waals surface area contributed by atoms with Crippen LogP contribution in [0.3, 0.4) is 0 Å². The fourth-order valence-electron chi connectivity index (χ4n) is 1.93. The third-order valence-electron chi connectivity index (χ3n) is 2.99. The molecular weight excluding hydrogens is 198 g/mol. The highest BCUT2D eigenvalue weighted by Crippen LogP contribution is 2.40. The van der Waals surface area contributed by atoms with Gasteiger partial charge in [0.1, 0.15) is 18.0 Å². The van der Waals surface area contributed by atoms with Gasteiger partial charge in [-0.25, -0.2) is 4.79 Å². The van der Waals surface area contributed by atoms with Gasteiger partial charge in [0, 0.05) is 0 Å². The van der Waals surface area contributed by atoms with Crippen LogP contribution < -0.4 is 0 Å². The van der Waals surface area contributed by atoms with Gasteiger partial charge in [-0.15, -0.1) is 10.2 Å². The molecule has 1 saturated carbocycles. The van der Waals surface area contributed by atoms with E-state index in [1.54, 1.807) is 6.92 Å². The summed E-state index contributed by atoms with van der Waals surface area (Å²) in [6.07, 6.45) is 2.60. The first kappa shape index (κ1) is 10.1. The van der Waals surface area contributed by atoms with Crippen molar-refractivity contribution < 1.29 is 15.0 Å². The maximum Gasteiger partial charge on any atom is 0.329 e. The number of carboxylic acids is 1. The minimum atomic E-state index is -0.935. The number of rotatable bonds is 3. The van der Waals surface area contributed by atoms with Crippen LogP contribution in [0.1, 0.15) is 38.1 Å². The molecule has 0 spiro atoms. The average molecular weight is 211 g/mol. The van der Waals surface area contributed by atoms with Crippen LogP contribution in [0.5, 0.6) is 0 Å². The Morgan fingerprint density at radius 2 is 2.33 bits per heavy atom. The van der Waals surface area contributed by atoms with Crippen molar-refractivity contribution in [3.05, 3.63) is 12.2 Å². The SMILES string of the molecule is CC(O)c1nncn1C1(C(=O)O)CCC1. The number of carbonyl (C=O) groups is 1. The van der Waals surface area contributed by atoms with Crippen LogP contribution in [-0.4, -0.2) is 30.9 Å². The van der Waals surface area contributed by atoms with Crippen LogP contribution in [0.4, 0.5) is 0 Å². The Balaban J connectivity index is 2.43. The summed E-state index contributed by atoms with van der Waals surface area (Å²) >= 11 is 0. The molecule has 2 N–H and O–H groups in total. The lowest BCUT2D eigenvalue weighted by molar-refractivity contribution is -0.152. The predicted octanol–water partition coefficient (Wildman–Crippen LogP) is 0.295. The molecule has 0 aliphatic heterocycles. The molecule has 1 fully saturated rings. The highest BCUT2D eigenvalue weighted by molar-refractivity contribution is 5.78. The topological polar surface area (TPSA) is 88.2 Å². The lowest BCUT2D eigenvalue weighted by atomic mass is 9.76. The van der Waals surface area contributed by atoms with Crippen molar-refractivity contribution in [1.29, 1.82) is 0 Å². The van der Waals surface area contributed by atoms with Gasteiger partial charge in [-0.2, -0.15) is 0 Å². The Morgan fingerprint density at radius 3 is 2.73 bits per heavy atom. The molecule has 6 heteroatoms. The van der Waals surface area contributed by atoms with E-state index in [0.717, 1.165) is 6.42 Å². The summed E-state index contributed by atoms with van der Waals surface area (Å²) in [6, 6.07) is 0. The van der Waals surface area contributed by atoms with Gasteiger partial charge in [0.15, 0.2) is 5.82 Å². The quantitative estimate of drug-likeness (QED) is 0.750. The third-order valence-corrected chi connectivity index (χ3v) is 2.99. The molecule has 1 heterocycles. The van der Waals surface area contributed by atoms with Gasteiger partial charge in [-0.1, -0.05) is 0 Å². The normalized spacial score (nSPS) is 20.7. The minimum Gasteiger partial charge on any atom is -0.479 e. The first-order valence-corrected chi connectivity index (χ1v) is 4.90. The van der Waals surface area contributed by atoms with Crippen LogP contribution in [0, 0.1) is 0 Å². The summed E-state index contributed by atoms with van der Waals surface area (Å²) in [5.41, 5.74) is -0.935. The molecule has 82 valence electrons. The maximum absolute atomic E-state index is 11.2. The molecule has 1 aliphatic carbocycles. The van der Waals surface area contributed by atoms with E-state index in [2.05, 4.69) is 10.2 Å². The Labute approximate surface area is 86.6 Å². The van der Waals surface area contributed by atoms with Crippen molar-refractivity contribution in [3.8, 4) is 0 Å². The predicted molar refractivity (Wildman–Crippen MR) is 50.1 cm³/mol. The zero-order valence-corrected chi connectivity index (χ0v) is 8.42. The highest BCUT2D eigenvalue weighted by atomic mass is 16.4. The van der Waals surface area contributed by atoms with E-state index in [1.165, 1.54) is 10.9 Å². The number of aliphatic carboxylic acids is 1. The van der Waals surface area contributed by atoms with Crippen LogP contribution in [0.25, 0.3) is 0 Å². The molecule has 0 saturated heterocycles. The smallest absolute Gasteiger partial charge is 0.329 e. The zero-order chi connectivity index (χ0) is 11.1. The van der Waals surface area contributed by atoms with Crippen molar-refractivity contribution in [1.82, 2.24) is 14.8 Å². The Bertz CT molecular complexity index is 382. The Kier molecular flexibility index (Phi) is 2.22. The van der Waals surface area contributed by atoms with Crippen molar-refractivity contribution in [3.63, 3.8) is 0 Å². The zero-order valence-electron chi connectivity index (χ0n) is 8.42. The monoisotopic (exact) mass is 211 g/mol. The molecule has 1 aromatic heterocycles. The molecule has 0 aromatic carbocycles. The Morgan fingerprint density at radius 1 is 1.67 bits per heavy atom. The van der Waals surface area contributed by atoms with Crippen molar-refractivity contribution in [2.75, 3.05) is 0 Å². The van der Waals surface area contributed by atoms with Crippen molar-refractivity contribution >= 4 is 5.97 Å². The second kappa shape index (κ2) is 3.30. The molecule has 1 aliphatic rings. The Hall–Kier alpha value is -1.43. The average Bonchev–Trinajstić information content (AvgIpc) is 2.49. The summed E-state index contributed by atoms with van der Waals surface area (Å²) in [6.45, 7) is 1.55. The van der Waals surface area contributed by atoms with Gasteiger partial charge in [-0.3, -0.25) is 4.57 Å². The van der Waals surface area contributed by atoms with Gasteiger partial charge < -0.3 is 10.2 Å². The van der Waals surface area contributed by atoms with Crippen LogP contribution in [0.2, 0.25) is 0 Å². The molecule has 2 rings (SSSR count). The number of aliphatic hydroxyl groups excluding tert-OH is 1. The molecule has 1 aromatic rings. The molecule has 0 bridgehead atoms. The number of nitrogens with zero attached hydrogens (tertiary/aromatic N) is 3. The van der Waals surface area contributed by atoms with E-state index < -0.39 is 17.6 Å².